The third-order valence-corrected chi connectivity index (χ3v) is 12.7. The number of aliphatic hydroxyl groups excluding tert-OH is 2. The lowest BCUT2D eigenvalue weighted by atomic mass is 9.40. The second kappa shape index (κ2) is 10.1. The van der Waals surface area contributed by atoms with Gasteiger partial charge in [-0.15, -0.1) is 0 Å². The molecule has 0 bridgehead atoms. The molecule has 4 aliphatic carbocycles. The zero-order valence-electron chi connectivity index (χ0n) is 24.0. The van der Waals surface area contributed by atoms with Crippen LogP contribution >= 0.6 is 0 Å². The monoisotopic (exact) mass is 525 g/mol. The molecule has 4 saturated carbocycles. The van der Waals surface area contributed by atoms with Crippen molar-refractivity contribution in [1.82, 2.24) is 5.32 Å². The molecule has 1 spiro atoms. The maximum Gasteiger partial charge on any atom is 0.0923 e. The number of benzene rings is 1. The summed E-state index contributed by atoms with van der Waals surface area (Å²) in [6, 6.07) is 10.4. The molecule has 5 fully saturated rings. The fourth-order valence-corrected chi connectivity index (χ4v) is 10.5. The quantitative estimate of drug-likeness (QED) is 0.365. The zero-order chi connectivity index (χ0) is 26.6. The Morgan fingerprint density at radius 1 is 0.947 bits per heavy atom. The van der Waals surface area contributed by atoms with Gasteiger partial charge in [-0.3, -0.25) is 0 Å². The Hall–Kier alpha value is -0.980. The maximum atomic E-state index is 11.5. The molecule has 0 aromatic heterocycles. The molecule has 1 heterocycles. The highest BCUT2D eigenvalue weighted by Gasteiger charge is 2.76. The van der Waals surface area contributed by atoms with Crippen molar-refractivity contribution >= 4 is 0 Å². The van der Waals surface area contributed by atoms with Crippen molar-refractivity contribution in [3.05, 3.63) is 35.9 Å². The molecule has 1 saturated heterocycles. The van der Waals surface area contributed by atoms with Crippen LogP contribution in [0.2, 0.25) is 0 Å². The highest BCUT2D eigenvalue weighted by molar-refractivity contribution is 5.28. The van der Waals surface area contributed by atoms with E-state index in [1.54, 1.807) is 0 Å². The summed E-state index contributed by atoms with van der Waals surface area (Å²) < 4.78 is 12.7. The average Bonchev–Trinajstić information content (AvgIpc) is 3.16. The second-order valence-electron chi connectivity index (χ2n) is 14.1. The normalized spacial score (nSPS) is 47.4. The Morgan fingerprint density at radius 2 is 1.74 bits per heavy atom. The van der Waals surface area contributed by atoms with Gasteiger partial charge in [-0.2, -0.15) is 0 Å². The summed E-state index contributed by atoms with van der Waals surface area (Å²) in [5.41, 5.74) is 1.22. The molecule has 5 heteroatoms. The van der Waals surface area contributed by atoms with E-state index in [9.17, 15) is 10.2 Å². The predicted octanol–water partition coefficient (Wildman–Crippen LogP) is 5.62. The smallest absolute Gasteiger partial charge is 0.0923 e. The Balaban J connectivity index is 1.05. The molecule has 10 unspecified atom stereocenters. The summed E-state index contributed by atoms with van der Waals surface area (Å²) in [6.45, 7) is 9.58. The van der Waals surface area contributed by atoms with Crippen LogP contribution in [-0.4, -0.2) is 52.8 Å². The van der Waals surface area contributed by atoms with Crippen molar-refractivity contribution in [2.45, 2.75) is 127 Å². The maximum absolute atomic E-state index is 11.5. The molecule has 6 rings (SSSR count). The summed E-state index contributed by atoms with van der Waals surface area (Å²) in [5, 5.41) is 26.1. The number of fused-ring (bicyclic) bond motifs is 4. The van der Waals surface area contributed by atoms with Gasteiger partial charge in [-0.05, 0) is 113 Å². The average molecular weight is 526 g/mol. The summed E-state index contributed by atoms with van der Waals surface area (Å²) in [6.07, 6.45) is 11.5. The van der Waals surface area contributed by atoms with E-state index >= 15 is 0 Å². The summed E-state index contributed by atoms with van der Waals surface area (Å²) >= 11 is 0. The first-order valence-corrected chi connectivity index (χ1v) is 15.7. The van der Waals surface area contributed by atoms with Gasteiger partial charge in [0.1, 0.15) is 0 Å². The largest absolute Gasteiger partial charge is 0.393 e. The van der Waals surface area contributed by atoms with Crippen molar-refractivity contribution in [1.29, 1.82) is 0 Å². The summed E-state index contributed by atoms with van der Waals surface area (Å²) in [4.78, 5) is 0. The number of hydrogen-bond acceptors (Lipinski definition) is 5. The van der Waals surface area contributed by atoms with Gasteiger partial charge in [0, 0.05) is 12.0 Å². The van der Waals surface area contributed by atoms with E-state index in [0.717, 1.165) is 51.7 Å². The molecule has 0 amide bonds. The molecule has 1 aromatic carbocycles. The molecule has 5 aliphatic rings. The number of rotatable bonds is 9. The van der Waals surface area contributed by atoms with E-state index < -0.39 is 0 Å². The molecule has 38 heavy (non-hydrogen) atoms. The minimum Gasteiger partial charge on any atom is -0.393 e. The highest BCUT2D eigenvalue weighted by atomic mass is 16.5. The molecule has 5 nitrogen and oxygen atoms in total. The zero-order valence-corrected chi connectivity index (χ0v) is 24.0. The first-order chi connectivity index (χ1) is 18.3. The van der Waals surface area contributed by atoms with E-state index in [4.69, 9.17) is 9.47 Å². The lowest BCUT2D eigenvalue weighted by Crippen LogP contribution is -2.80. The van der Waals surface area contributed by atoms with Gasteiger partial charge in [-0.25, -0.2) is 0 Å². The number of nitrogens with one attached hydrogen (secondary N) is 1. The van der Waals surface area contributed by atoms with Gasteiger partial charge >= 0.3 is 0 Å². The first kappa shape index (κ1) is 27.2. The van der Waals surface area contributed by atoms with Crippen LogP contribution in [0, 0.1) is 28.6 Å². The van der Waals surface area contributed by atoms with Crippen molar-refractivity contribution in [2.75, 3.05) is 13.2 Å². The van der Waals surface area contributed by atoms with E-state index in [2.05, 4.69) is 50.4 Å². The fraction of sp³-hybridized carbons (Fsp3) is 0.818. The molecule has 212 valence electrons. The van der Waals surface area contributed by atoms with Crippen molar-refractivity contribution < 1.29 is 19.7 Å². The van der Waals surface area contributed by atoms with E-state index in [1.165, 1.54) is 37.7 Å². The van der Waals surface area contributed by atoms with Crippen molar-refractivity contribution in [3.8, 4) is 0 Å². The second-order valence-corrected chi connectivity index (χ2v) is 14.1. The number of ether oxygens (including phenoxy) is 2. The number of unbranched alkanes of at least 4 members (excludes halogenated alkanes) is 2. The van der Waals surface area contributed by atoms with Gasteiger partial charge in [0.25, 0.3) is 0 Å². The SMILES string of the molecule is CC1OC23CCC4C(CC(O)C5(C)CC(O)CCC45C)C2CCC13NCCCCCOCc1ccccc1. The van der Waals surface area contributed by atoms with Crippen LogP contribution in [0.25, 0.3) is 0 Å². The number of hydrogen-bond donors (Lipinski definition) is 3. The fourth-order valence-electron chi connectivity index (χ4n) is 10.5. The standard InChI is InChI=1S/C33H51NO4/c1-23-32(34-18-8-5-9-19-37-22-24-10-6-4-7-11-24)16-13-28-26-20-29(36)31(3)21-25(35)12-15-30(31,2)27(26)14-17-33(28,32)38-23/h4,6-7,10-11,23,25-29,34-36H,5,8-9,12-22H2,1-3H3. The van der Waals surface area contributed by atoms with Gasteiger partial charge in [0.2, 0.25) is 0 Å². The van der Waals surface area contributed by atoms with Crippen LogP contribution in [0.15, 0.2) is 30.3 Å². The summed E-state index contributed by atoms with van der Waals surface area (Å²) in [5.74, 6) is 1.70. The predicted molar refractivity (Wildman–Crippen MR) is 150 cm³/mol. The minimum atomic E-state index is -0.330. The van der Waals surface area contributed by atoms with Gasteiger partial charge < -0.3 is 25.0 Å². The van der Waals surface area contributed by atoms with Crippen molar-refractivity contribution in [3.63, 3.8) is 0 Å². The molecular formula is C33H51NO4. The molecule has 1 aliphatic heterocycles. The van der Waals surface area contributed by atoms with Crippen LogP contribution in [-0.2, 0) is 16.1 Å². The van der Waals surface area contributed by atoms with Crippen molar-refractivity contribution in [2.24, 2.45) is 28.6 Å². The number of aliphatic hydroxyl groups is 2. The molecule has 3 N–H and O–H groups in total. The van der Waals surface area contributed by atoms with Crippen LogP contribution in [0.4, 0.5) is 0 Å². The van der Waals surface area contributed by atoms with Crippen LogP contribution in [0.1, 0.15) is 97.0 Å². The Bertz CT molecular complexity index is 973. The molecule has 1 aromatic rings. The van der Waals surface area contributed by atoms with Crippen LogP contribution in [0.5, 0.6) is 0 Å². The van der Waals surface area contributed by atoms with E-state index in [1.807, 2.05) is 6.07 Å². The lowest BCUT2D eigenvalue weighted by Gasteiger charge is -2.70. The van der Waals surface area contributed by atoms with Gasteiger partial charge in [0.15, 0.2) is 0 Å². The third-order valence-electron chi connectivity index (χ3n) is 12.7. The molecule has 0 radical (unpaired) electrons. The Labute approximate surface area is 230 Å². The summed E-state index contributed by atoms with van der Waals surface area (Å²) in [7, 11) is 0. The molecular weight excluding hydrogens is 474 g/mol. The Morgan fingerprint density at radius 3 is 2.53 bits per heavy atom. The van der Waals surface area contributed by atoms with E-state index in [-0.39, 0.29) is 40.3 Å². The lowest BCUT2D eigenvalue weighted by molar-refractivity contribution is -0.318. The topological polar surface area (TPSA) is 71.0 Å². The first-order valence-electron chi connectivity index (χ1n) is 15.7. The van der Waals surface area contributed by atoms with Gasteiger partial charge in [0.05, 0.1) is 36.1 Å². The van der Waals surface area contributed by atoms with Crippen LogP contribution in [0.3, 0.4) is 0 Å². The Kier molecular flexibility index (Phi) is 7.26. The minimum absolute atomic E-state index is 0.0512. The van der Waals surface area contributed by atoms with Gasteiger partial charge in [-0.1, -0.05) is 44.2 Å². The molecule has 10 atom stereocenters. The third kappa shape index (κ3) is 3.97. The van der Waals surface area contributed by atoms with E-state index in [0.29, 0.717) is 24.4 Å². The van der Waals surface area contributed by atoms with Crippen LogP contribution < -0.4 is 5.32 Å². The highest BCUT2D eigenvalue weighted by Crippen LogP contribution is 2.72.